The molecule has 0 bridgehead atoms. The van der Waals surface area contributed by atoms with E-state index in [1.165, 1.54) is 16.5 Å². The summed E-state index contributed by atoms with van der Waals surface area (Å²) in [6.07, 6.45) is 5.19. The van der Waals surface area contributed by atoms with Crippen molar-refractivity contribution in [2.24, 2.45) is 11.8 Å². The van der Waals surface area contributed by atoms with Gasteiger partial charge in [-0.05, 0) is 60.4 Å². The third-order valence-corrected chi connectivity index (χ3v) is 7.74. The Morgan fingerprint density at radius 3 is 2.30 bits per heavy atom. The average Bonchev–Trinajstić information content (AvgIpc) is 3.28. The second-order valence-electron chi connectivity index (χ2n) is 10.0. The van der Waals surface area contributed by atoms with Crippen molar-refractivity contribution >= 4 is 28.5 Å². The summed E-state index contributed by atoms with van der Waals surface area (Å²) in [5, 5.41) is 2.35. The number of Topliss-reactive ketones (excluding diaryl/α,β-unsaturated/α-hetero) is 1. The summed E-state index contributed by atoms with van der Waals surface area (Å²) < 4.78 is 0. The lowest BCUT2D eigenvalue weighted by atomic mass is 9.86. The fraction of sp³-hybridized carbons (Fsp3) is 0.519. The molecular formula is C27H33N3O3. The summed E-state index contributed by atoms with van der Waals surface area (Å²) in [6, 6.07) is 10.5. The third-order valence-electron chi connectivity index (χ3n) is 7.74. The summed E-state index contributed by atoms with van der Waals surface area (Å²) in [4.78, 5) is 44.4. The number of benzene rings is 2. The van der Waals surface area contributed by atoms with Gasteiger partial charge in [-0.15, -0.1) is 0 Å². The molecule has 6 nitrogen and oxygen atoms in total. The Bertz CT molecular complexity index is 1090. The highest BCUT2D eigenvalue weighted by Crippen LogP contribution is 2.35. The SMILES string of the molecule is CN(C)C(=O)N1CCC(C(=O)N2CCC[C@H](C(=O)c3ccc4c5c(cccc35)CC4)C2)CC1. The van der Waals surface area contributed by atoms with Gasteiger partial charge < -0.3 is 14.7 Å². The number of piperidine rings is 2. The lowest BCUT2D eigenvalue weighted by molar-refractivity contribution is -0.138. The van der Waals surface area contributed by atoms with Crippen LogP contribution in [0.4, 0.5) is 4.79 Å². The van der Waals surface area contributed by atoms with E-state index in [0.717, 1.165) is 43.2 Å². The topological polar surface area (TPSA) is 60.9 Å². The smallest absolute Gasteiger partial charge is 0.319 e. The van der Waals surface area contributed by atoms with Gasteiger partial charge in [-0.2, -0.15) is 0 Å². The number of nitrogens with zero attached hydrogens (tertiary/aromatic N) is 3. The molecule has 2 aromatic rings. The van der Waals surface area contributed by atoms with Gasteiger partial charge in [-0.3, -0.25) is 9.59 Å². The second kappa shape index (κ2) is 8.81. The first kappa shape index (κ1) is 21.9. The molecule has 1 aliphatic carbocycles. The Labute approximate surface area is 195 Å². The van der Waals surface area contributed by atoms with Crippen LogP contribution in [0.1, 0.15) is 47.2 Å². The zero-order chi connectivity index (χ0) is 23.1. The molecule has 0 N–H and O–H groups in total. The van der Waals surface area contributed by atoms with Gasteiger partial charge in [-0.25, -0.2) is 4.79 Å². The van der Waals surface area contributed by atoms with Crippen LogP contribution < -0.4 is 0 Å². The molecular weight excluding hydrogens is 414 g/mol. The summed E-state index contributed by atoms with van der Waals surface area (Å²) in [6.45, 7) is 2.47. The molecule has 2 aromatic carbocycles. The minimum absolute atomic E-state index is 0.00916. The monoisotopic (exact) mass is 447 g/mol. The molecule has 174 valence electrons. The lowest BCUT2D eigenvalue weighted by Gasteiger charge is -2.38. The van der Waals surface area contributed by atoms with Crippen molar-refractivity contribution < 1.29 is 14.4 Å². The largest absolute Gasteiger partial charge is 0.342 e. The van der Waals surface area contributed by atoms with Crippen LogP contribution in [0, 0.1) is 11.8 Å². The number of hydrogen-bond acceptors (Lipinski definition) is 3. The van der Waals surface area contributed by atoms with Gasteiger partial charge in [0.05, 0.1) is 0 Å². The van der Waals surface area contributed by atoms with Gasteiger partial charge in [0.25, 0.3) is 0 Å². The summed E-state index contributed by atoms with van der Waals surface area (Å²) >= 11 is 0. The lowest BCUT2D eigenvalue weighted by Crippen LogP contribution is -2.49. The number of urea groups is 1. The predicted octanol–water partition coefficient (Wildman–Crippen LogP) is 3.75. The molecule has 33 heavy (non-hydrogen) atoms. The average molecular weight is 448 g/mol. The van der Waals surface area contributed by atoms with Crippen molar-refractivity contribution in [3.8, 4) is 0 Å². The van der Waals surface area contributed by atoms with Crippen molar-refractivity contribution in [1.82, 2.24) is 14.7 Å². The number of carbonyl (C=O) groups is 3. The number of ketones is 1. The van der Waals surface area contributed by atoms with Crippen molar-refractivity contribution in [2.75, 3.05) is 40.3 Å². The van der Waals surface area contributed by atoms with Crippen molar-refractivity contribution in [3.63, 3.8) is 0 Å². The summed E-state index contributed by atoms with van der Waals surface area (Å²) in [7, 11) is 3.51. The molecule has 0 saturated carbocycles. The Morgan fingerprint density at radius 2 is 1.58 bits per heavy atom. The Hall–Kier alpha value is -2.89. The molecule has 2 saturated heterocycles. The molecule has 0 aromatic heterocycles. The van der Waals surface area contributed by atoms with Gasteiger partial charge >= 0.3 is 6.03 Å². The van der Waals surface area contributed by atoms with Crippen molar-refractivity contribution in [2.45, 2.75) is 38.5 Å². The number of amides is 3. The van der Waals surface area contributed by atoms with E-state index in [1.54, 1.807) is 19.0 Å². The highest BCUT2D eigenvalue weighted by Gasteiger charge is 2.35. The van der Waals surface area contributed by atoms with E-state index < -0.39 is 0 Å². The van der Waals surface area contributed by atoms with Crippen molar-refractivity contribution in [1.29, 1.82) is 0 Å². The molecule has 0 spiro atoms. The first-order valence-electron chi connectivity index (χ1n) is 12.3. The van der Waals surface area contributed by atoms with Gasteiger partial charge in [0.15, 0.2) is 5.78 Å². The fourth-order valence-electron chi connectivity index (χ4n) is 5.93. The predicted molar refractivity (Wildman–Crippen MR) is 128 cm³/mol. The maximum Gasteiger partial charge on any atom is 0.319 e. The van der Waals surface area contributed by atoms with Crippen LogP contribution in [0.25, 0.3) is 10.8 Å². The van der Waals surface area contributed by atoms with Crippen LogP contribution >= 0.6 is 0 Å². The van der Waals surface area contributed by atoms with Crippen molar-refractivity contribution in [3.05, 3.63) is 47.0 Å². The van der Waals surface area contributed by atoms with E-state index in [1.807, 2.05) is 15.9 Å². The number of rotatable bonds is 3. The third kappa shape index (κ3) is 4.00. The molecule has 6 heteroatoms. The van der Waals surface area contributed by atoms with E-state index >= 15 is 0 Å². The van der Waals surface area contributed by atoms with Crippen LogP contribution in [-0.4, -0.2) is 72.7 Å². The van der Waals surface area contributed by atoms with E-state index in [0.29, 0.717) is 32.5 Å². The number of carbonyl (C=O) groups excluding carboxylic acids is 3. The minimum Gasteiger partial charge on any atom is -0.342 e. The summed E-state index contributed by atoms with van der Waals surface area (Å²) in [5.74, 6) is 0.137. The van der Waals surface area contributed by atoms with Gasteiger partial charge in [-0.1, -0.05) is 30.3 Å². The maximum absolute atomic E-state index is 13.6. The highest BCUT2D eigenvalue weighted by molar-refractivity contribution is 6.11. The van der Waals surface area contributed by atoms with Crippen LogP contribution in [0.5, 0.6) is 0 Å². The number of hydrogen-bond donors (Lipinski definition) is 0. The molecule has 1 atom stereocenters. The zero-order valence-electron chi connectivity index (χ0n) is 19.7. The fourth-order valence-corrected chi connectivity index (χ4v) is 5.93. The van der Waals surface area contributed by atoms with E-state index in [-0.39, 0.29) is 29.6 Å². The Morgan fingerprint density at radius 1 is 0.848 bits per heavy atom. The Balaban J connectivity index is 1.27. The normalized spacial score (nSPS) is 20.8. The molecule has 0 radical (unpaired) electrons. The zero-order valence-corrected chi connectivity index (χ0v) is 19.7. The standard InChI is InChI=1S/C27H33N3O3/c1-28(2)27(33)29-15-12-20(13-16-29)26(32)30-14-4-6-21(17-30)25(31)23-11-10-19-9-8-18-5-3-7-22(23)24(18)19/h3,5,7,10-11,20-21H,4,6,8-9,12-17H2,1-2H3/t21-/m0/s1. The molecule has 2 heterocycles. The van der Waals surface area contributed by atoms with E-state index in [9.17, 15) is 14.4 Å². The quantitative estimate of drug-likeness (QED) is 0.674. The minimum atomic E-state index is -0.142. The molecule has 2 aliphatic heterocycles. The van der Waals surface area contributed by atoms with Crippen LogP contribution in [0.2, 0.25) is 0 Å². The van der Waals surface area contributed by atoms with Crippen LogP contribution in [0.15, 0.2) is 30.3 Å². The summed E-state index contributed by atoms with van der Waals surface area (Å²) in [5.41, 5.74) is 3.50. The van der Waals surface area contributed by atoms with E-state index in [2.05, 4.69) is 24.3 Å². The molecule has 5 rings (SSSR count). The maximum atomic E-state index is 13.6. The molecule has 0 unspecified atom stereocenters. The van der Waals surface area contributed by atoms with Crippen LogP contribution in [-0.2, 0) is 17.6 Å². The van der Waals surface area contributed by atoms with Crippen LogP contribution in [0.3, 0.4) is 0 Å². The number of likely N-dealkylation sites (tertiary alicyclic amines) is 2. The molecule has 3 amide bonds. The Kier molecular flexibility index (Phi) is 5.85. The second-order valence-corrected chi connectivity index (χ2v) is 10.0. The first-order valence-corrected chi connectivity index (χ1v) is 12.3. The first-order chi connectivity index (χ1) is 15.9. The van der Waals surface area contributed by atoms with E-state index in [4.69, 9.17) is 0 Å². The van der Waals surface area contributed by atoms with Gasteiger partial charge in [0.2, 0.25) is 5.91 Å². The molecule has 3 aliphatic rings. The van der Waals surface area contributed by atoms with Gasteiger partial charge in [0, 0.05) is 57.7 Å². The van der Waals surface area contributed by atoms with Gasteiger partial charge in [0.1, 0.15) is 0 Å². The highest BCUT2D eigenvalue weighted by atomic mass is 16.2. The number of aryl methyl sites for hydroxylation is 2. The molecule has 2 fully saturated rings.